The van der Waals surface area contributed by atoms with E-state index in [0.29, 0.717) is 18.7 Å². The van der Waals surface area contributed by atoms with Gasteiger partial charge in [0, 0.05) is 12.2 Å². The molecular formula is C12H13F2NO2. The zero-order valence-corrected chi connectivity index (χ0v) is 9.20. The molecule has 1 unspecified atom stereocenters. The van der Waals surface area contributed by atoms with Gasteiger partial charge >= 0.3 is 5.97 Å². The average Bonchev–Trinajstić information content (AvgIpc) is 2.29. The molecule has 1 atom stereocenters. The number of rotatable bonds is 2. The van der Waals surface area contributed by atoms with Crippen LogP contribution in [0.1, 0.15) is 12.8 Å². The summed E-state index contributed by atoms with van der Waals surface area (Å²) >= 11 is 0. The van der Waals surface area contributed by atoms with Crippen LogP contribution in [0.2, 0.25) is 0 Å². The van der Waals surface area contributed by atoms with E-state index in [1.54, 1.807) is 11.0 Å². The second kappa shape index (κ2) is 4.31. The highest BCUT2D eigenvalue weighted by Gasteiger charge is 2.42. The van der Waals surface area contributed by atoms with E-state index in [0.717, 1.165) is 0 Å². The molecule has 0 spiro atoms. The lowest BCUT2D eigenvalue weighted by molar-refractivity contribution is -0.151. The molecular weight excluding hydrogens is 228 g/mol. The fraction of sp³-hybridized carbons (Fsp3) is 0.417. The molecule has 1 heterocycles. The van der Waals surface area contributed by atoms with Gasteiger partial charge in [-0.3, -0.25) is 0 Å². The molecule has 1 saturated heterocycles. The van der Waals surface area contributed by atoms with Crippen molar-refractivity contribution in [2.45, 2.75) is 18.5 Å². The van der Waals surface area contributed by atoms with E-state index < -0.39 is 17.5 Å². The van der Waals surface area contributed by atoms with Crippen LogP contribution < -0.4 is 4.90 Å². The van der Waals surface area contributed by atoms with E-state index in [2.05, 4.69) is 0 Å². The first kappa shape index (κ1) is 11.8. The summed E-state index contributed by atoms with van der Waals surface area (Å²) in [4.78, 5) is 12.4. The Morgan fingerprint density at radius 1 is 1.47 bits per heavy atom. The summed E-state index contributed by atoms with van der Waals surface area (Å²) in [5, 5.41) is 8.84. The Labute approximate surface area is 97.7 Å². The van der Waals surface area contributed by atoms with Crippen LogP contribution in [0, 0.1) is 5.82 Å². The van der Waals surface area contributed by atoms with Gasteiger partial charge in [-0.2, -0.15) is 0 Å². The van der Waals surface area contributed by atoms with E-state index in [1.807, 2.05) is 0 Å². The monoisotopic (exact) mass is 241 g/mol. The number of anilines is 1. The van der Waals surface area contributed by atoms with Crippen molar-refractivity contribution in [2.24, 2.45) is 0 Å². The molecule has 1 aliphatic heterocycles. The van der Waals surface area contributed by atoms with Crippen LogP contribution in [0.25, 0.3) is 0 Å². The lowest BCUT2D eigenvalue weighted by Crippen LogP contribution is -2.50. The standard InChI is InChI=1S/C12H13F2NO2/c13-9-3-1-4-10(7-9)15-6-2-5-12(14,8-15)11(16)17/h1,3-4,7H,2,5-6,8H2,(H,16,17). The molecule has 5 heteroatoms. The van der Waals surface area contributed by atoms with Gasteiger partial charge in [0.15, 0.2) is 0 Å². The van der Waals surface area contributed by atoms with Gasteiger partial charge in [0.1, 0.15) is 5.82 Å². The third-order valence-corrected chi connectivity index (χ3v) is 3.00. The van der Waals surface area contributed by atoms with Crippen LogP contribution in [0.3, 0.4) is 0 Å². The van der Waals surface area contributed by atoms with Gasteiger partial charge < -0.3 is 10.0 Å². The van der Waals surface area contributed by atoms with Crippen molar-refractivity contribution in [3.8, 4) is 0 Å². The number of carbonyl (C=O) groups is 1. The van der Waals surface area contributed by atoms with Crippen LogP contribution >= 0.6 is 0 Å². The molecule has 1 N–H and O–H groups in total. The molecule has 0 saturated carbocycles. The Hall–Kier alpha value is -1.65. The molecule has 1 aromatic carbocycles. The number of piperidine rings is 1. The van der Waals surface area contributed by atoms with E-state index in [1.165, 1.54) is 18.2 Å². The summed E-state index contributed by atoms with van der Waals surface area (Å²) in [5.41, 5.74) is -1.71. The minimum Gasteiger partial charge on any atom is -0.479 e. The number of hydrogen-bond donors (Lipinski definition) is 1. The van der Waals surface area contributed by atoms with E-state index in [9.17, 15) is 13.6 Å². The molecule has 0 bridgehead atoms. The van der Waals surface area contributed by atoms with Crippen LogP contribution in [0.4, 0.5) is 14.5 Å². The quantitative estimate of drug-likeness (QED) is 0.863. The smallest absolute Gasteiger partial charge is 0.343 e. The number of benzene rings is 1. The summed E-state index contributed by atoms with van der Waals surface area (Å²) in [6.07, 6.45) is 0.452. The first-order valence-corrected chi connectivity index (χ1v) is 5.44. The maximum atomic E-state index is 14.0. The van der Waals surface area contributed by atoms with Crippen LogP contribution in [-0.2, 0) is 4.79 Å². The Morgan fingerprint density at radius 2 is 2.24 bits per heavy atom. The van der Waals surface area contributed by atoms with Crippen LogP contribution in [0.5, 0.6) is 0 Å². The number of halogens is 2. The van der Waals surface area contributed by atoms with Gasteiger partial charge in [0.25, 0.3) is 0 Å². The first-order valence-electron chi connectivity index (χ1n) is 5.44. The molecule has 3 nitrogen and oxygen atoms in total. The summed E-state index contributed by atoms with van der Waals surface area (Å²) in [6, 6.07) is 5.76. The highest BCUT2D eigenvalue weighted by Crippen LogP contribution is 2.29. The highest BCUT2D eigenvalue weighted by molar-refractivity contribution is 5.78. The first-order chi connectivity index (χ1) is 8.01. The van der Waals surface area contributed by atoms with Gasteiger partial charge in [-0.15, -0.1) is 0 Å². The van der Waals surface area contributed by atoms with Crippen molar-refractivity contribution in [2.75, 3.05) is 18.0 Å². The Morgan fingerprint density at radius 3 is 2.88 bits per heavy atom. The number of hydrogen-bond acceptors (Lipinski definition) is 2. The number of carboxylic acids is 1. The molecule has 1 fully saturated rings. The second-order valence-corrected chi connectivity index (χ2v) is 4.28. The van der Waals surface area contributed by atoms with Crippen molar-refractivity contribution in [3.05, 3.63) is 30.1 Å². The molecule has 0 aliphatic carbocycles. The minimum absolute atomic E-state index is 0.00808. The topological polar surface area (TPSA) is 40.5 Å². The van der Waals surface area contributed by atoms with Crippen LogP contribution in [0.15, 0.2) is 24.3 Å². The average molecular weight is 241 g/mol. The Kier molecular flexibility index (Phi) is 3.00. The minimum atomic E-state index is -2.23. The lowest BCUT2D eigenvalue weighted by atomic mass is 9.94. The molecule has 0 aromatic heterocycles. The molecule has 17 heavy (non-hydrogen) atoms. The zero-order valence-electron chi connectivity index (χ0n) is 9.20. The largest absolute Gasteiger partial charge is 0.479 e. The van der Waals surface area contributed by atoms with E-state index >= 15 is 0 Å². The van der Waals surface area contributed by atoms with Gasteiger partial charge in [-0.25, -0.2) is 13.6 Å². The van der Waals surface area contributed by atoms with Gasteiger partial charge in [0.05, 0.1) is 6.54 Å². The molecule has 2 rings (SSSR count). The summed E-state index contributed by atoms with van der Waals surface area (Å²) in [6.45, 7) is 0.314. The molecule has 92 valence electrons. The van der Waals surface area contributed by atoms with Gasteiger partial charge in [-0.05, 0) is 31.0 Å². The van der Waals surface area contributed by atoms with Crippen molar-refractivity contribution >= 4 is 11.7 Å². The second-order valence-electron chi connectivity index (χ2n) is 4.28. The van der Waals surface area contributed by atoms with Crippen molar-refractivity contribution in [1.82, 2.24) is 0 Å². The summed E-state index contributed by atoms with van der Waals surface area (Å²) < 4.78 is 27.0. The summed E-state index contributed by atoms with van der Waals surface area (Å²) in [7, 11) is 0. The molecule has 0 radical (unpaired) electrons. The van der Waals surface area contributed by atoms with Gasteiger partial charge in [0.2, 0.25) is 5.67 Å². The number of aliphatic carboxylic acids is 1. The predicted molar refractivity (Wildman–Crippen MR) is 59.3 cm³/mol. The van der Waals surface area contributed by atoms with Crippen molar-refractivity contribution < 1.29 is 18.7 Å². The SMILES string of the molecule is O=C(O)C1(F)CCCN(c2cccc(F)c2)C1. The fourth-order valence-corrected chi connectivity index (χ4v) is 2.08. The highest BCUT2D eigenvalue weighted by atomic mass is 19.1. The van der Waals surface area contributed by atoms with Crippen LogP contribution in [-0.4, -0.2) is 29.8 Å². The number of nitrogens with zero attached hydrogens (tertiary/aromatic N) is 1. The van der Waals surface area contributed by atoms with E-state index in [-0.39, 0.29) is 13.0 Å². The number of carboxylic acid groups (broad SMARTS) is 1. The maximum absolute atomic E-state index is 14.0. The predicted octanol–water partition coefficient (Wildman–Crippen LogP) is 2.22. The molecule has 1 aromatic rings. The maximum Gasteiger partial charge on any atom is 0.343 e. The zero-order chi connectivity index (χ0) is 12.5. The Bertz CT molecular complexity index is 438. The van der Waals surface area contributed by atoms with E-state index in [4.69, 9.17) is 5.11 Å². The van der Waals surface area contributed by atoms with Gasteiger partial charge in [-0.1, -0.05) is 6.07 Å². The molecule has 0 amide bonds. The third kappa shape index (κ3) is 2.38. The Balaban J connectivity index is 2.20. The fourth-order valence-electron chi connectivity index (χ4n) is 2.08. The lowest BCUT2D eigenvalue weighted by Gasteiger charge is -2.36. The molecule has 1 aliphatic rings. The van der Waals surface area contributed by atoms with Crippen molar-refractivity contribution in [1.29, 1.82) is 0 Å². The normalized spacial score (nSPS) is 24.7. The third-order valence-electron chi connectivity index (χ3n) is 3.00. The van der Waals surface area contributed by atoms with Crippen molar-refractivity contribution in [3.63, 3.8) is 0 Å². The number of alkyl halides is 1. The summed E-state index contributed by atoms with van der Waals surface area (Å²) in [5.74, 6) is -1.86.